The van der Waals surface area contributed by atoms with Gasteiger partial charge in [-0.15, -0.1) is 11.6 Å². The fourth-order valence-electron chi connectivity index (χ4n) is 1.36. The summed E-state index contributed by atoms with van der Waals surface area (Å²) in [5.41, 5.74) is 1.22. The van der Waals surface area contributed by atoms with Crippen LogP contribution in [0.25, 0.3) is 6.58 Å². The van der Waals surface area contributed by atoms with Crippen LogP contribution in [-0.4, -0.2) is 11.7 Å². The smallest absolute Gasteiger partial charge is 0.189 e. The topological polar surface area (TPSA) is 29.4 Å². The number of nitrogens with zero attached hydrogens (tertiary/aromatic N) is 1. The lowest BCUT2D eigenvalue weighted by atomic mass is 10.1. The molecule has 3 heteroatoms. The lowest BCUT2D eigenvalue weighted by Crippen LogP contribution is -2.22. The summed E-state index contributed by atoms with van der Waals surface area (Å²) in [7, 11) is 0. The van der Waals surface area contributed by atoms with Crippen LogP contribution in [-0.2, 0) is 0 Å². The molecule has 0 saturated heterocycles. The summed E-state index contributed by atoms with van der Waals surface area (Å²) in [6, 6.07) is 5.35. The Morgan fingerprint density at radius 2 is 2.21 bits per heavy atom. The summed E-state index contributed by atoms with van der Waals surface area (Å²) < 4.78 is 0. The van der Waals surface area contributed by atoms with E-state index in [1.807, 2.05) is 6.07 Å². The van der Waals surface area contributed by atoms with E-state index in [1.54, 1.807) is 12.1 Å². The van der Waals surface area contributed by atoms with Crippen molar-refractivity contribution in [3.05, 3.63) is 46.1 Å². The number of hydrogen-bond donors (Lipinski definition) is 0. The molecule has 14 heavy (non-hydrogen) atoms. The van der Waals surface area contributed by atoms with Crippen LogP contribution in [0.5, 0.6) is 0 Å². The van der Waals surface area contributed by atoms with Gasteiger partial charge < -0.3 is 0 Å². The number of rotatable bonds is 1. The lowest BCUT2D eigenvalue weighted by molar-refractivity contribution is 0.104. The largest absolute Gasteiger partial charge is 0.289 e. The molecule has 0 atom stereocenters. The van der Waals surface area contributed by atoms with E-state index in [0.29, 0.717) is 16.6 Å². The van der Waals surface area contributed by atoms with Gasteiger partial charge in [-0.3, -0.25) is 9.79 Å². The van der Waals surface area contributed by atoms with Gasteiger partial charge in [-0.2, -0.15) is 0 Å². The van der Waals surface area contributed by atoms with Crippen molar-refractivity contribution >= 4 is 24.0 Å². The number of benzene rings is 1. The Labute approximate surface area is 86.2 Å². The molecule has 1 aliphatic heterocycles. The first-order chi connectivity index (χ1) is 6.70. The van der Waals surface area contributed by atoms with Crippen LogP contribution in [0.15, 0.2) is 35.0 Å². The number of halogens is 1. The van der Waals surface area contributed by atoms with E-state index in [2.05, 4.69) is 11.6 Å². The standard InChI is InChI=1S/C11H8ClNO/c1-7-2-3-10-9(4-7)11(14)5-8(6-12)13-10/h2-5H,1,6H2. The van der Waals surface area contributed by atoms with Crippen LogP contribution < -0.4 is 10.6 Å². The second kappa shape index (κ2) is 3.39. The third-order valence-electron chi connectivity index (χ3n) is 2.03. The van der Waals surface area contributed by atoms with Crippen molar-refractivity contribution in [1.29, 1.82) is 0 Å². The van der Waals surface area contributed by atoms with E-state index in [1.165, 1.54) is 6.08 Å². The molecule has 0 amide bonds. The second-order valence-electron chi connectivity index (χ2n) is 3.10. The van der Waals surface area contributed by atoms with E-state index in [9.17, 15) is 4.79 Å². The van der Waals surface area contributed by atoms with Crippen LogP contribution in [0.3, 0.4) is 0 Å². The molecule has 0 saturated carbocycles. The van der Waals surface area contributed by atoms with Gasteiger partial charge in [0.05, 0.1) is 16.9 Å². The fraction of sp³-hybridized carbons (Fsp3) is 0.0909. The highest BCUT2D eigenvalue weighted by Gasteiger charge is 2.11. The third-order valence-corrected chi connectivity index (χ3v) is 2.30. The van der Waals surface area contributed by atoms with E-state index in [0.717, 1.165) is 5.22 Å². The summed E-state index contributed by atoms with van der Waals surface area (Å²) >= 11 is 5.62. The van der Waals surface area contributed by atoms with Gasteiger partial charge in [-0.25, -0.2) is 0 Å². The molecular weight excluding hydrogens is 198 g/mol. The van der Waals surface area contributed by atoms with Crippen LogP contribution in [0.1, 0.15) is 10.4 Å². The maximum Gasteiger partial charge on any atom is 0.189 e. The van der Waals surface area contributed by atoms with Gasteiger partial charge in [-0.05, 0) is 17.4 Å². The minimum atomic E-state index is -0.0452. The maximum absolute atomic E-state index is 11.6. The lowest BCUT2D eigenvalue weighted by Gasteiger charge is -2.05. The average molecular weight is 206 g/mol. The van der Waals surface area contributed by atoms with Crippen molar-refractivity contribution in [3.63, 3.8) is 0 Å². The zero-order valence-electron chi connectivity index (χ0n) is 7.46. The van der Waals surface area contributed by atoms with Crippen molar-refractivity contribution < 1.29 is 4.79 Å². The highest BCUT2D eigenvalue weighted by molar-refractivity contribution is 6.20. The summed E-state index contributed by atoms with van der Waals surface area (Å²) in [5.74, 6) is 0.216. The summed E-state index contributed by atoms with van der Waals surface area (Å²) in [6.07, 6.45) is 1.47. The molecule has 2 nitrogen and oxygen atoms in total. The number of carbonyl (C=O) groups is 1. The molecule has 70 valence electrons. The van der Waals surface area contributed by atoms with E-state index in [-0.39, 0.29) is 11.7 Å². The quantitative estimate of drug-likeness (QED) is 0.630. The summed E-state index contributed by atoms with van der Waals surface area (Å²) in [4.78, 5) is 15.8. The molecule has 0 N–H and O–H groups in total. The average Bonchev–Trinajstić information content (AvgIpc) is 2.19. The number of carbonyl (C=O) groups excluding carboxylic acids is 1. The SMILES string of the molecule is C=c1ccc2c(c1)C(=O)C=C(CCl)N=2. The molecule has 0 fully saturated rings. The Balaban J connectivity index is 2.72. The zero-order chi connectivity index (χ0) is 10.1. The first-order valence-electron chi connectivity index (χ1n) is 4.19. The van der Waals surface area contributed by atoms with Crippen LogP contribution in [0, 0.1) is 0 Å². The van der Waals surface area contributed by atoms with Crippen molar-refractivity contribution in [2.75, 3.05) is 5.88 Å². The fourth-order valence-corrected chi connectivity index (χ4v) is 1.50. The number of alkyl halides is 1. The van der Waals surface area contributed by atoms with Gasteiger partial charge in [0.15, 0.2) is 5.78 Å². The molecule has 0 bridgehead atoms. The van der Waals surface area contributed by atoms with Gasteiger partial charge in [0.2, 0.25) is 0 Å². The van der Waals surface area contributed by atoms with E-state index >= 15 is 0 Å². The minimum absolute atomic E-state index is 0.0452. The van der Waals surface area contributed by atoms with Gasteiger partial charge in [-0.1, -0.05) is 12.6 Å². The Bertz CT molecular complexity index is 531. The Morgan fingerprint density at radius 1 is 1.43 bits per heavy atom. The molecule has 1 aliphatic rings. The molecule has 0 spiro atoms. The van der Waals surface area contributed by atoms with E-state index in [4.69, 9.17) is 11.6 Å². The molecule has 0 unspecified atom stereocenters. The van der Waals surface area contributed by atoms with E-state index < -0.39 is 0 Å². The molecule has 0 aliphatic carbocycles. The van der Waals surface area contributed by atoms with Crippen molar-refractivity contribution in [1.82, 2.24) is 0 Å². The molecular formula is C11H8ClNO. The van der Waals surface area contributed by atoms with Gasteiger partial charge in [0.25, 0.3) is 0 Å². The molecule has 1 heterocycles. The number of ketones is 1. The predicted molar refractivity (Wildman–Crippen MR) is 55.9 cm³/mol. The van der Waals surface area contributed by atoms with Gasteiger partial charge >= 0.3 is 0 Å². The van der Waals surface area contributed by atoms with Gasteiger partial charge in [0, 0.05) is 11.6 Å². The predicted octanol–water partition coefficient (Wildman–Crippen LogP) is 1.04. The number of fused-ring (bicyclic) bond motifs is 1. The van der Waals surface area contributed by atoms with Crippen LogP contribution >= 0.6 is 11.6 Å². The second-order valence-corrected chi connectivity index (χ2v) is 3.36. The monoisotopic (exact) mass is 205 g/mol. The zero-order valence-corrected chi connectivity index (χ0v) is 8.21. The van der Waals surface area contributed by atoms with Crippen molar-refractivity contribution in [2.24, 2.45) is 4.99 Å². The molecule has 1 aromatic rings. The highest BCUT2D eigenvalue weighted by Crippen LogP contribution is 2.06. The van der Waals surface area contributed by atoms with Crippen LogP contribution in [0.2, 0.25) is 0 Å². The first kappa shape index (κ1) is 9.16. The maximum atomic E-state index is 11.6. The normalized spacial score (nSPS) is 14.4. The summed E-state index contributed by atoms with van der Waals surface area (Å²) in [5, 5.41) is 1.50. The van der Waals surface area contributed by atoms with Crippen molar-refractivity contribution in [2.45, 2.75) is 0 Å². The molecule has 1 aromatic carbocycles. The molecule has 0 aromatic heterocycles. The molecule has 2 rings (SSSR count). The first-order valence-corrected chi connectivity index (χ1v) is 4.73. The third kappa shape index (κ3) is 1.49. The highest BCUT2D eigenvalue weighted by atomic mass is 35.5. The van der Waals surface area contributed by atoms with Crippen LogP contribution in [0.4, 0.5) is 0 Å². The van der Waals surface area contributed by atoms with Gasteiger partial charge in [0.1, 0.15) is 0 Å². The Morgan fingerprint density at radius 3 is 2.93 bits per heavy atom. The number of hydrogen-bond acceptors (Lipinski definition) is 2. The van der Waals surface area contributed by atoms with Crippen molar-refractivity contribution in [3.8, 4) is 0 Å². The Hall–Kier alpha value is -1.41. The number of allylic oxidation sites excluding steroid dienone is 2. The Kier molecular flexibility index (Phi) is 2.22. The minimum Gasteiger partial charge on any atom is -0.289 e. The molecule has 0 radical (unpaired) electrons. The summed E-state index contributed by atoms with van der Waals surface area (Å²) in [6.45, 7) is 3.76.